The van der Waals surface area contributed by atoms with Gasteiger partial charge in [0.1, 0.15) is 0 Å². The number of rotatable bonds is 2. The Labute approximate surface area is 111 Å². The van der Waals surface area contributed by atoms with Crippen LogP contribution in [0, 0.1) is 5.92 Å². The fraction of sp³-hybridized carbons (Fsp3) is 0.188. The summed E-state index contributed by atoms with van der Waals surface area (Å²) in [5.41, 5.74) is 3.25. The zero-order valence-electron chi connectivity index (χ0n) is 9.90. The van der Waals surface area contributed by atoms with Gasteiger partial charge in [-0.25, -0.2) is 0 Å². The van der Waals surface area contributed by atoms with E-state index in [9.17, 15) is 4.79 Å². The van der Waals surface area contributed by atoms with Gasteiger partial charge in [-0.05, 0) is 36.1 Å². The second-order valence-corrected chi connectivity index (χ2v) is 5.19. The summed E-state index contributed by atoms with van der Waals surface area (Å²) in [7, 11) is 0. The third-order valence-corrected chi connectivity index (χ3v) is 3.77. The molecule has 0 radical (unpaired) electrons. The molecule has 0 amide bonds. The monoisotopic (exact) mass is 256 g/mol. The first-order valence-electron chi connectivity index (χ1n) is 6.10. The molecule has 0 N–H and O–H groups in total. The van der Waals surface area contributed by atoms with Crippen LogP contribution in [0.25, 0.3) is 0 Å². The molecule has 18 heavy (non-hydrogen) atoms. The first-order valence-corrected chi connectivity index (χ1v) is 6.48. The molecule has 2 aromatic rings. The predicted molar refractivity (Wildman–Crippen MR) is 73.1 cm³/mol. The topological polar surface area (TPSA) is 17.1 Å². The average molecular weight is 257 g/mol. The van der Waals surface area contributed by atoms with Crippen molar-refractivity contribution < 1.29 is 4.79 Å². The largest absolute Gasteiger partial charge is 0.294 e. The van der Waals surface area contributed by atoms with Crippen LogP contribution in [-0.4, -0.2) is 5.78 Å². The number of hydrogen-bond donors (Lipinski definition) is 0. The number of ketones is 1. The summed E-state index contributed by atoms with van der Waals surface area (Å²) in [6, 6.07) is 15.7. The van der Waals surface area contributed by atoms with E-state index < -0.39 is 0 Å². The number of benzene rings is 2. The Balaban J connectivity index is 1.81. The van der Waals surface area contributed by atoms with Gasteiger partial charge in [0.15, 0.2) is 5.78 Å². The molecule has 0 saturated carbocycles. The lowest BCUT2D eigenvalue weighted by Gasteiger charge is -2.07. The van der Waals surface area contributed by atoms with E-state index >= 15 is 0 Å². The molecule has 3 rings (SSSR count). The third kappa shape index (κ3) is 2.06. The van der Waals surface area contributed by atoms with Gasteiger partial charge < -0.3 is 0 Å². The van der Waals surface area contributed by atoms with Gasteiger partial charge in [0.25, 0.3) is 0 Å². The summed E-state index contributed by atoms with van der Waals surface area (Å²) in [6.45, 7) is 0. The van der Waals surface area contributed by atoms with E-state index in [2.05, 4.69) is 6.07 Å². The molecule has 2 aromatic carbocycles. The first-order chi connectivity index (χ1) is 8.74. The van der Waals surface area contributed by atoms with Crippen LogP contribution < -0.4 is 0 Å². The number of Topliss-reactive ketones (excluding diaryl/α,β-unsaturated/α-hetero) is 1. The number of carbonyl (C=O) groups excluding carboxylic acids is 1. The minimum atomic E-state index is 0.0866. The lowest BCUT2D eigenvalue weighted by Crippen LogP contribution is -2.12. The van der Waals surface area contributed by atoms with Crippen molar-refractivity contribution in [1.29, 1.82) is 0 Å². The van der Waals surface area contributed by atoms with Gasteiger partial charge in [0.05, 0.1) is 0 Å². The summed E-state index contributed by atoms with van der Waals surface area (Å²) >= 11 is 5.86. The quantitative estimate of drug-likeness (QED) is 0.796. The van der Waals surface area contributed by atoms with Crippen molar-refractivity contribution in [1.82, 2.24) is 0 Å². The van der Waals surface area contributed by atoms with Crippen LogP contribution >= 0.6 is 11.6 Å². The zero-order chi connectivity index (χ0) is 12.5. The molecule has 1 atom stereocenters. The number of hydrogen-bond acceptors (Lipinski definition) is 1. The van der Waals surface area contributed by atoms with Gasteiger partial charge in [-0.3, -0.25) is 4.79 Å². The maximum atomic E-state index is 12.2. The lowest BCUT2D eigenvalue weighted by atomic mass is 9.96. The molecule has 1 aliphatic carbocycles. The van der Waals surface area contributed by atoms with E-state index in [-0.39, 0.29) is 11.7 Å². The highest BCUT2D eigenvalue weighted by Crippen LogP contribution is 2.29. The second kappa shape index (κ2) is 4.58. The van der Waals surface area contributed by atoms with Gasteiger partial charge >= 0.3 is 0 Å². The van der Waals surface area contributed by atoms with Crippen LogP contribution in [0.15, 0.2) is 48.5 Å². The van der Waals surface area contributed by atoms with Crippen LogP contribution in [0.5, 0.6) is 0 Å². The van der Waals surface area contributed by atoms with Crippen LogP contribution in [-0.2, 0) is 12.8 Å². The van der Waals surface area contributed by atoms with Crippen molar-refractivity contribution in [2.45, 2.75) is 12.8 Å². The molecule has 1 aliphatic rings. The highest BCUT2D eigenvalue weighted by molar-refractivity contribution is 6.30. The molecule has 0 heterocycles. The minimum Gasteiger partial charge on any atom is -0.294 e. The zero-order valence-corrected chi connectivity index (χ0v) is 10.7. The Hall–Kier alpha value is -1.60. The summed E-state index contributed by atoms with van der Waals surface area (Å²) in [4.78, 5) is 12.2. The minimum absolute atomic E-state index is 0.0866. The van der Waals surface area contributed by atoms with Gasteiger partial charge in [0, 0.05) is 16.5 Å². The van der Waals surface area contributed by atoms with E-state index in [1.165, 1.54) is 11.1 Å². The average Bonchev–Trinajstić information content (AvgIpc) is 2.70. The van der Waals surface area contributed by atoms with Gasteiger partial charge in [0.2, 0.25) is 0 Å². The van der Waals surface area contributed by atoms with E-state index in [1.807, 2.05) is 42.5 Å². The van der Waals surface area contributed by atoms with Crippen LogP contribution in [0.3, 0.4) is 0 Å². The van der Waals surface area contributed by atoms with Gasteiger partial charge in [-0.15, -0.1) is 0 Å². The van der Waals surface area contributed by atoms with Gasteiger partial charge in [-0.1, -0.05) is 48.0 Å². The Bertz CT molecular complexity index is 586. The van der Waals surface area contributed by atoms with E-state index in [4.69, 9.17) is 11.6 Å². The Morgan fingerprint density at radius 2 is 1.78 bits per heavy atom. The molecule has 0 fully saturated rings. The molecular weight excluding hydrogens is 244 g/mol. The van der Waals surface area contributed by atoms with Crippen molar-refractivity contribution >= 4 is 17.4 Å². The number of fused-ring (bicyclic) bond motifs is 1. The lowest BCUT2D eigenvalue weighted by molar-refractivity contribution is 0.0936. The maximum Gasteiger partial charge on any atom is 0.166 e. The van der Waals surface area contributed by atoms with Crippen molar-refractivity contribution in [3.8, 4) is 0 Å². The fourth-order valence-electron chi connectivity index (χ4n) is 2.59. The van der Waals surface area contributed by atoms with Crippen LogP contribution in [0.4, 0.5) is 0 Å². The third-order valence-electron chi connectivity index (χ3n) is 3.52. The van der Waals surface area contributed by atoms with E-state index in [1.54, 1.807) is 0 Å². The molecule has 90 valence electrons. The van der Waals surface area contributed by atoms with Gasteiger partial charge in [-0.2, -0.15) is 0 Å². The molecule has 1 nitrogen and oxygen atoms in total. The smallest absolute Gasteiger partial charge is 0.166 e. The Morgan fingerprint density at radius 3 is 2.50 bits per heavy atom. The van der Waals surface area contributed by atoms with Crippen LogP contribution in [0.2, 0.25) is 5.02 Å². The molecule has 1 unspecified atom stereocenters. The summed E-state index contributed by atoms with van der Waals surface area (Å²) in [6.07, 6.45) is 1.66. The first kappa shape index (κ1) is 11.5. The maximum absolute atomic E-state index is 12.2. The molecule has 0 aliphatic heterocycles. The summed E-state index contributed by atoms with van der Waals surface area (Å²) in [5.74, 6) is 0.365. The molecule has 0 saturated heterocycles. The normalized spacial score (nSPS) is 17.8. The van der Waals surface area contributed by atoms with E-state index in [0.717, 1.165) is 23.4 Å². The molecule has 0 spiro atoms. The van der Waals surface area contributed by atoms with Crippen molar-refractivity contribution in [2.24, 2.45) is 5.92 Å². The SMILES string of the molecule is O=C1c2ccccc2CC1Cc1ccc(Cl)cc1. The highest BCUT2D eigenvalue weighted by atomic mass is 35.5. The predicted octanol–water partition coefficient (Wildman–Crippen LogP) is 3.94. The van der Waals surface area contributed by atoms with Crippen molar-refractivity contribution in [3.05, 3.63) is 70.2 Å². The Morgan fingerprint density at radius 1 is 1.06 bits per heavy atom. The molecule has 0 aromatic heterocycles. The number of halogens is 1. The highest BCUT2D eigenvalue weighted by Gasteiger charge is 2.29. The molecule has 0 bridgehead atoms. The second-order valence-electron chi connectivity index (χ2n) is 4.75. The fourth-order valence-corrected chi connectivity index (χ4v) is 2.71. The molecular formula is C16H13ClO. The van der Waals surface area contributed by atoms with E-state index in [0.29, 0.717) is 0 Å². The standard InChI is InChI=1S/C16H13ClO/c17-14-7-5-11(6-8-14)9-13-10-12-3-1-2-4-15(12)16(13)18/h1-8,13H,9-10H2. The molecule has 2 heteroatoms. The Kier molecular flexibility index (Phi) is 2.92. The van der Waals surface area contributed by atoms with Crippen molar-refractivity contribution in [2.75, 3.05) is 0 Å². The van der Waals surface area contributed by atoms with Crippen LogP contribution in [0.1, 0.15) is 21.5 Å². The summed E-state index contributed by atoms with van der Waals surface area (Å²) < 4.78 is 0. The summed E-state index contributed by atoms with van der Waals surface area (Å²) in [5, 5.41) is 0.736. The number of carbonyl (C=O) groups is 1. The van der Waals surface area contributed by atoms with Crippen molar-refractivity contribution in [3.63, 3.8) is 0 Å².